The molecule has 1 aromatic rings. The number of amides is 1. The first kappa shape index (κ1) is 13.5. The summed E-state index contributed by atoms with van der Waals surface area (Å²) >= 11 is 12.0. The first-order valence-corrected chi connectivity index (χ1v) is 6.90. The van der Waals surface area contributed by atoms with E-state index in [1.54, 1.807) is 6.07 Å². The Morgan fingerprint density at radius 2 is 2.00 bits per heavy atom. The second-order valence-electron chi connectivity index (χ2n) is 4.37. The normalized spacial score (nSPS) is 14.9. The predicted molar refractivity (Wildman–Crippen MR) is 75.4 cm³/mol. The molecule has 98 valence electrons. The zero-order valence-corrected chi connectivity index (χ0v) is 11.6. The Balaban J connectivity index is 1.81. The van der Waals surface area contributed by atoms with Crippen molar-refractivity contribution < 1.29 is 4.79 Å². The van der Waals surface area contributed by atoms with Crippen LogP contribution >= 0.6 is 23.2 Å². The van der Waals surface area contributed by atoms with Gasteiger partial charge >= 0.3 is 0 Å². The Bertz CT molecular complexity index is 431. The molecule has 1 aliphatic heterocycles. The largest absolute Gasteiger partial charge is 0.383 e. The zero-order valence-electron chi connectivity index (χ0n) is 10.1. The van der Waals surface area contributed by atoms with Crippen molar-refractivity contribution in [1.29, 1.82) is 0 Å². The average Bonchev–Trinajstić information content (AvgIpc) is 2.88. The highest BCUT2D eigenvalue weighted by Crippen LogP contribution is 2.29. The summed E-state index contributed by atoms with van der Waals surface area (Å²) in [5.41, 5.74) is 0.776. The van der Waals surface area contributed by atoms with Crippen LogP contribution in [0.15, 0.2) is 18.2 Å². The molecule has 1 N–H and O–H groups in total. The molecule has 0 spiro atoms. The minimum Gasteiger partial charge on any atom is -0.383 e. The van der Waals surface area contributed by atoms with Crippen LogP contribution in [0.5, 0.6) is 0 Å². The lowest BCUT2D eigenvalue weighted by molar-refractivity contribution is -0.129. The van der Waals surface area contributed by atoms with E-state index in [0.29, 0.717) is 23.0 Å². The number of hydrogen-bond donors (Lipinski definition) is 1. The van der Waals surface area contributed by atoms with Crippen LogP contribution in [0.25, 0.3) is 0 Å². The zero-order chi connectivity index (χ0) is 13.0. The number of carbonyl (C=O) groups is 1. The SMILES string of the molecule is O=C(CCNc1cccc(Cl)c1Cl)N1CCCC1. The molecule has 0 saturated carbocycles. The van der Waals surface area contributed by atoms with E-state index in [0.717, 1.165) is 31.6 Å². The molecule has 1 amide bonds. The molecular formula is C13H16Cl2N2O. The molecule has 0 atom stereocenters. The maximum absolute atomic E-state index is 11.8. The quantitative estimate of drug-likeness (QED) is 0.920. The lowest BCUT2D eigenvalue weighted by atomic mass is 10.3. The molecule has 0 aromatic heterocycles. The summed E-state index contributed by atoms with van der Waals surface area (Å²) in [6.45, 7) is 2.38. The van der Waals surface area contributed by atoms with E-state index in [1.165, 1.54) is 0 Å². The van der Waals surface area contributed by atoms with Gasteiger partial charge in [0.2, 0.25) is 5.91 Å². The summed E-state index contributed by atoms with van der Waals surface area (Å²) in [7, 11) is 0. The maximum Gasteiger partial charge on any atom is 0.224 e. The van der Waals surface area contributed by atoms with Crippen LogP contribution in [0.4, 0.5) is 5.69 Å². The third-order valence-corrected chi connectivity index (χ3v) is 3.88. The van der Waals surface area contributed by atoms with Crippen molar-refractivity contribution in [2.75, 3.05) is 25.0 Å². The number of benzene rings is 1. The van der Waals surface area contributed by atoms with Crippen molar-refractivity contribution in [3.8, 4) is 0 Å². The lowest BCUT2D eigenvalue weighted by Gasteiger charge is -2.15. The van der Waals surface area contributed by atoms with Crippen molar-refractivity contribution >= 4 is 34.8 Å². The summed E-state index contributed by atoms with van der Waals surface area (Å²) < 4.78 is 0. The van der Waals surface area contributed by atoms with Gasteiger partial charge in [0.15, 0.2) is 0 Å². The Hall–Kier alpha value is -0.930. The van der Waals surface area contributed by atoms with Gasteiger partial charge in [0.05, 0.1) is 15.7 Å². The van der Waals surface area contributed by atoms with Gasteiger partial charge in [-0.15, -0.1) is 0 Å². The molecule has 1 heterocycles. The number of rotatable bonds is 4. The molecule has 0 radical (unpaired) electrons. The number of halogens is 2. The second-order valence-corrected chi connectivity index (χ2v) is 5.15. The average molecular weight is 287 g/mol. The van der Waals surface area contributed by atoms with E-state index in [4.69, 9.17) is 23.2 Å². The number of nitrogens with one attached hydrogen (secondary N) is 1. The molecule has 2 rings (SSSR count). The second kappa shape index (κ2) is 6.30. The van der Waals surface area contributed by atoms with Crippen LogP contribution in [0.2, 0.25) is 10.0 Å². The number of carbonyl (C=O) groups excluding carboxylic acids is 1. The van der Waals surface area contributed by atoms with Gasteiger partial charge in [-0.2, -0.15) is 0 Å². The smallest absolute Gasteiger partial charge is 0.224 e. The number of nitrogens with zero attached hydrogens (tertiary/aromatic N) is 1. The van der Waals surface area contributed by atoms with Gasteiger partial charge < -0.3 is 10.2 Å². The first-order chi connectivity index (χ1) is 8.68. The van der Waals surface area contributed by atoms with Crippen molar-refractivity contribution in [1.82, 2.24) is 4.90 Å². The number of hydrogen-bond acceptors (Lipinski definition) is 2. The summed E-state index contributed by atoms with van der Waals surface area (Å²) in [6.07, 6.45) is 2.74. The van der Waals surface area contributed by atoms with E-state index < -0.39 is 0 Å². The Morgan fingerprint density at radius 1 is 1.28 bits per heavy atom. The van der Waals surface area contributed by atoms with Crippen molar-refractivity contribution in [2.24, 2.45) is 0 Å². The van der Waals surface area contributed by atoms with Gasteiger partial charge in [-0.05, 0) is 25.0 Å². The highest BCUT2D eigenvalue weighted by atomic mass is 35.5. The first-order valence-electron chi connectivity index (χ1n) is 6.14. The molecule has 0 bridgehead atoms. The van der Waals surface area contributed by atoms with E-state index in [-0.39, 0.29) is 5.91 Å². The molecule has 18 heavy (non-hydrogen) atoms. The molecule has 0 aliphatic carbocycles. The van der Waals surface area contributed by atoms with E-state index in [2.05, 4.69) is 5.32 Å². The van der Waals surface area contributed by atoms with E-state index in [1.807, 2.05) is 17.0 Å². The fourth-order valence-corrected chi connectivity index (χ4v) is 2.44. The van der Waals surface area contributed by atoms with Crippen LogP contribution in [0, 0.1) is 0 Å². The molecule has 1 saturated heterocycles. The van der Waals surface area contributed by atoms with Crippen molar-refractivity contribution in [3.63, 3.8) is 0 Å². The molecular weight excluding hydrogens is 271 g/mol. The van der Waals surface area contributed by atoms with Crippen LogP contribution in [-0.2, 0) is 4.79 Å². The van der Waals surface area contributed by atoms with Crippen LogP contribution in [0.1, 0.15) is 19.3 Å². The van der Waals surface area contributed by atoms with Gasteiger partial charge in [-0.3, -0.25) is 4.79 Å². The van der Waals surface area contributed by atoms with Crippen molar-refractivity contribution in [3.05, 3.63) is 28.2 Å². The minimum atomic E-state index is 0.207. The Kier molecular flexibility index (Phi) is 4.72. The minimum absolute atomic E-state index is 0.207. The topological polar surface area (TPSA) is 32.3 Å². The van der Waals surface area contributed by atoms with Crippen molar-refractivity contribution in [2.45, 2.75) is 19.3 Å². The predicted octanol–water partition coefficient (Wildman–Crippen LogP) is 3.42. The Morgan fingerprint density at radius 3 is 2.72 bits per heavy atom. The highest BCUT2D eigenvalue weighted by molar-refractivity contribution is 6.43. The number of anilines is 1. The molecule has 1 fully saturated rings. The molecule has 1 aliphatic rings. The van der Waals surface area contributed by atoms with Crippen LogP contribution in [-0.4, -0.2) is 30.4 Å². The summed E-state index contributed by atoms with van der Waals surface area (Å²) in [4.78, 5) is 13.7. The van der Waals surface area contributed by atoms with E-state index in [9.17, 15) is 4.79 Å². The maximum atomic E-state index is 11.8. The third-order valence-electron chi connectivity index (χ3n) is 3.06. The fourth-order valence-electron chi connectivity index (χ4n) is 2.07. The fraction of sp³-hybridized carbons (Fsp3) is 0.462. The Labute approximate surface area is 117 Å². The summed E-state index contributed by atoms with van der Waals surface area (Å²) in [6, 6.07) is 5.43. The van der Waals surface area contributed by atoms with Gasteiger partial charge in [-0.1, -0.05) is 29.3 Å². The van der Waals surface area contributed by atoms with Crippen LogP contribution < -0.4 is 5.32 Å². The van der Waals surface area contributed by atoms with Crippen LogP contribution in [0.3, 0.4) is 0 Å². The summed E-state index contributed by atoms with van der Waals surface area (Å²) in [5.74, 6) is 0.207. The van der Waals surface area contributed by atoms with Gasteiger partial charge in [0, 0.05) is 26.1 Å². The van der Waals surface area contributed by atoms with Gasteiger partial charge in [0.25, 0.3) is 0 Å². The molecule has 3 nitrogen and oxygen atoms in total. The standard InChI is InChI=1S/C13H16Cl2N2O/c14-10-4-3-5-11(13(10)15)16-7-6-12(18)17-8-1-2-9-17/h3-5,16H,1-2,6-9H2. The molecule has 5 heteroatoms. The summed E-state index contributed by atoms with van der Waals surface area (Å²) in [5, 5.41) is 4.17. The third kappa shape index (κ3) is 3.30. The highest BCUT2D eigenvalue weighted by Gasteiger charge is 2.17. The molecule has 0 unspecified atom stereocenters. The lowest BCUT2D eigenvalue weighted by Crippen LogP contribution is -2.29. The van der Waals surface area contributed by atoms with Gasteiger partial charge in [0.1, 0.15) is 0 Å². The van der Waals surface area contributed by atoms with E-state index >= 15 is 0 Å². The molecule has 1 aromatic carbocycles. The monoisotopic (exact) mass is 286 g/mol. The van der Waals surface area contributed by atoms with Gasteiger partial charge in [-0.25, -0.2) is 0 Å². The number of likely N-dealkylation sites (tertiary alicyclic amines) is 1.